The molecular weight excluding hydrogens is 314 g/mol. The van der Waals surface area contributed by atoms with E-state index in [0.29, 0.717) is 17.0 Å². The molecule has 0 atom stereocenters. The zero-order valence-corrected chi connectivity index (χ0v) is 14.5. The minimum Gasteiger partial charge on any atom is -0.349 e. The molecule has 1 aliphatic heterocycles. The van der Waals surface area contributed by atoms with Crippen molar-refractivity contribution in [3.8, 4) is 0 Å². The highest BCUT2D eigenvalue weighted by atomic mass is 16.1. The molecule has 6 nitrogen and oxygen atoms in total. The maximum atomic E-state index is 12.2. The molecule has 2 fully saturated rings. The molecule has 2 aromatic heterocycles. The van der Waals surface area contributed by atoms with Gasteiger partial charge in [-0.3, -0.25) is 14.7 Å². The Labute approximate surface area is 147 Å². The molecule has 1 aliphatic carbocycles. The Morgan fingerprint density at radius 3 is 2.72 bits per heavy atom. The number of amides is 1. The molecule has 0 aromatic carbocycles. The first-order chi connectivity index (χ1) is 12.1. The summed E-state index contributed by atoms with van der Waals surface area (Å²) in [6, 6.07) is 3.80. The smallest absolute Gasteiger partial charge is 0.251 e. The van der Waals surface area contributed by atoms with Gasteiger partial charge in [0.05, 0.1) is 0 Å². The number of nitrogens with zero attached hydrogens (tertiary/aromatic N) is 4. The molecule has 2 aliphatic rings. The summed E-state index contributed by atoms with van der Waals surface area (Å²) in [4.78, 5) is 27.2. The second-order valence-corrected chi connectivity index (χ2v) is 7.41. The van der Waals surface area contributed by atoms with E-state index in [2.05, 4.69) is 25.2 Å². The summed E-state index contributed by atoms with van der Waals surface area (Å²) in [5, 5.41) is 3.15. The second-order valence-electron chi connectivity index (χ2n) is 7.41. The SMILES string of the molecule is Cc1ncc(CN2CCC3(CC(NC(=O)c4ccncc4)C3)C2)cn1. The fourth-order valence-electron chi connectivity index (χ4n) is 4.11. The Morgan fingerprint density at radius 2 is 2.00 bits per heavy atom. The summed E-state index contributed by atoms with van der Waals surface area (Å²) >= 11 is 0. The number of aryl methyl sites for hydroxylation is 1. The summed E-state index contributed by atoms with van der Waals surface area (Å²) in [6.45, 7) is 5.03. The highest BCUT2D eigenvalue weighted by molar-refractivity contribution is 5.94. The number of hydrogen-bond acceptors (Lipinski definition) is 5. The van der Waals surface area contributed by atoms with Crippen LogP contribution in [0.25, 0.3) is 0 Å². The van der Waals surface area contributed by atoms with E-state index < -0.39 is 0 Å². The zero-order valence-electron chi connectivity index (χ0n) is 14.5. The van der Waals surface area contributed by atoms with Crippen LogP contribution >= 0.6 is 0 Å². The van der Waals surface area contributed by atoms with Crippen LogP contribution in [-0.4, -0.2) is 44.9 Å². The molecule has 1 spiro atoms. The topological polar surface area (TPSA) is 71.0 Å². The Balaban J connectivity index is 1.27. The molecule has 0 bridgehead atoms. The highest BCUT2D eigenvalue weighted by Gasteiger charge is 2.48. The number of hydrogen-bond donors (Lipinski definition) is 1. The Morgan fingerprint density at radius 1 is 1.28 bits per heavy atom. The monoisotopic (exact) mass is 337 g/mol. The summed E-state index contributed by atoms with van der Waals surface area (Å²) in [5.41, 5.74) is 2.23. The van der Waals surface area contributed by atoms with Crippen LogP contribution in [0, 0.1) is 12.3 Å². The van der Waals surface area contributed by atoms with Gasteiger partial charge in [0.1, 0.15) is 5.82 Å². The standard InChI is InChI=1S/C19H23N5O/c1-14-21-10-15(11-22-14)12-24-7-4-19(13-24)8-17(9-19)23-18(25)16-2-5-20-6-3-16/h2-3,5-6,10-11,17H,4,7-9,12-13H2,1H3,(H,23,25). The normalized spacial score (nSPS) is 25.7. The average molecular weight is 337 g/mol. The van der Waals surface area contributed by atoms with E-state index in [0.717, 1.165) is 38.3 Å². The number of nitrogens with one attached hydrogen (secondary N) is 1. The largest absolute Gasteiger partial charge is 0.349 e. The van der Waals surface area contributed by atoms with E-state index in [1.807, 2.05) is 19.3 Å². The highest BCUT2D eigenvalue weighted by Crippen LogP contribution is 2.48. The first-order valence-electron chi connectivity index (χ1n) is 8.83. The van der Waals surface area contributed by atoms with Crippen molar-refractivity contribution in [2.75, 3.05) is 13.1 Å². The molecule has 0 unspecified atom stereocenters. The Kier molecular flexibility index (Phi) is 4.21. The van der Waals surface area contributed by atoms with Crippen LogP contribution in [0.2, 0.25) is 0 Å². The van der Waals surface area contributed by atoms with Crippen LogP contribution in [0.4, 0.5) is 0 Å². The van der Waals surface area contributed by atoms with Gasteiger partial charge in [-0.25, -0.2) is 9.97 Å². The summed E-state index contributed by atoms with van der Waals surface area (Å²) in [7, 11) is 0. The van der Waals surface area contributed by atoms with Gasteiger partial charge in [0, 0.05) is 55.0 Å². The summed E-state index contributed by atoms with van der Waals surface area (Å²) in [6.07, 6.45) is 10.5. The van der Waals surface area contributed by atoms with E-state index in [1.54, 1.807) is 24.5 Å². The van der Waals surface area contributed by atoms with Crippen LogP contribution in [-0.2, 0) is 6.54 Å². The summed E-state index contributed by atoms with van der Waals surface area (Å²) < 4.78 is 0. The van der Waals surface area contributed by atoms with E-state index in [1.165, 1.54) is 12.0 Å². The molecule has 1 saturated carbocycles. The van der Waals surface area contributed by atoms with Crippen LogP contribution in [0.1, 0.15) is 41.0 Å². The first-order valence-corrected chi connectivity index (χ1v) is 8.83. The van der Waals surface area contributed by atoms with Gasteiger partial charge >= 0.3 is 0 Å². The lowest BCUT2D eigenvalue weighted by atomic mass is 9.65. The van der Waals surface area contributed by atoms with Gasteiger partial charge in [-0.1, -0.05) is 0 Å². The number of pyridine rings is 1. The third-order valence-corrected chi connectivity index (χ3v) is 5.39. The Hall–Kier alpha value is -2.34. The molecule has 25 heavy (non-hydrogen) atoms. The molecular formula is C19H23N5O. The van der Waals surface area contributed by atoms with Gasteiger partial charge in [-0.05, 0) is 50.3 Å². The van der Waals surface area contributed by atoms with Crippen molar-refractivity contribution in [2.24, 2.45) is 5.41 Å². The molecule has 2 aromatic rings. The third kappa shape index (κ3) is 3.54. The fraction of sp³-hybridized carbons (Fsp3) is 0.474. The van der Waals surface area contributed by atoms with Gasteiger partial charge in [0.15, 0.2) is 0 Å². The minimum absolute atomic E-state index is 0.00825. The maximum Gasteiger partial charge on any atom is 0.251 e. The number of carbonyl (C=O) groups is 1. The molecule has 1 N–H and O–H groups in total. The van der Waals surface area contributed by atoms with Crippen molar-refractivity contribution < 1.29 is 4.79 Å². The second kappa shape index (κ2) is 6.52. The van der Waals surface area contributed by atoms with Crippen LogP contribution in [0.15, 0.2) is 36.9 Å². The van der Waals surface area contributed by atoms with Crippen LogP contribution in [0.5, 0.6) is 0 Å². The van der Waals surface area contributed by atoms with E-state index >= 15 is 0 Å². The lowest BCUT2D eigenvalue weighted by molar-refractivity contribution is 0.0694. The van der Waals surface area contributed by atoms with E-state index in [-0.39, 0.29) is 5.91 Å². The van der Waals surface area contributed by atoms with Crippen molar-refractivity contribution >= 4 is 5.91 Å². The van der Waals surface area contributed by atoms with Gasteiger partial charge in [-0.2, -0.15) is 0 Å². The molecule has 130 valence electrons. The van der Waals surface area contributed by atoms with E-state index in [9.17, 15) is 4.79 Å². The number of rotatable bonds is 4. The van der Waals surface area contributed by atoms with Gasteiger partial charge in [0.25, 0.3) is 5.91 Å². The van der Waals surface area contributed by atoms with Gasteiger partial charge in [0.2, 0.25) is 0 Å². The predicted molar refractivity (Wildman–Crippen MR) is 93.8 cm³/mol. The third-order valence-electron chi connectivity index (χ3n) is 5.39. The molecule has 3 heterocycles. The molecule has 6 heteroatoms. The van der Waals surface area contributed by atoms with Crippen molar-refractivity contribution in [1.29, 1.82) is 0 Å². The molecule has 1 saturated heterocycles. The van der Waals surface area contributed by atoms with E-state index in [4.69, 9.17) is 0 Å². The van der Waals surface area contributed by atoms with Crippen molar-refractivity contribution in [2.45, 2.75) is 38.8 Å². The van der Waals surface area contributed by atoms with Gasteiger partial charge in [-0.15, -0.1) is 0 Å². The molecule has 4 rings (SSSR count). The zero-order chi connectivity index (χ0) is 17.3. The van der Waals surface area contributed by atoms with Crippen molar-refractivity contribution in [1.82, 2.24) is 25.2 Å². The quantitative estimate of drug-likeness (QED) is 0.923. The Bertz CT molecular complexity index is 740. The van der Waals surface area contributed by atoms with Gasteiger partial charge < -0.3 is 5.32 Å². The average Bonchev–Trinajstić information content (AvgIpc) is 3.01. The molecule has 1 amide bonds. The lowest BCUT2D eigenvalue weighted by Gasteiger charge is -2.45. The van der Waals surface area contributed by atoms with Crippen LogP contribution < -0.4 is 5.32 Å². The lowest BCUT2D eigenvalue weighted by Crippen LogP contribution is -2.51. The minimum atomic E-state index is 0.00825. The van der Waals surface area contributed by atoms with Crippen molar-refractivity contribution in [3.05, 3.63) is 53.9 Å². The summed E-state index contributed by atoms with van der Waals surface area (Å²) in [5.74, 6) is 0.822. The first kappa shape index (κ1) is 16.1. The molecule has 0 radical (unpaired) electrons. The van der Waals surface area contributed by atoms with Crippen molar-refractivity contribution in [3.63, 3.8) is 0 Å². The number of carbonyl (C=O) groups excluding carboxylic acids is 1. The predicted octanol–water partition coefficient (Wildman–Crippen LogP) is 1.96. The number of aromatic nitrogens is 3. The fourth-order valence-corrected chi connectivity index (χ4v) is 4.11. The maximum absolute atomic E-state index is 12.2. The van der Waals surface area contributed by atoms with Crippen LogP contribution in [0.3, 0.4) is 0 Å². The number of likely N-dealkylation sites (tertiary alicyclic amines) is 1.